The summed E-state index contributed by atoms with van der Waals surface area (Å²) in [4.78, 5) is 4.16. The average Bonchev–Trinajstić information content (AvgIpc) is 3.04. The Morgan fingerprint density at radius 3 is 2.71 bits per heavy atom. The summed E-state index contributed by atoms with van der Waals surface area (Å²) < 4.78 is 45.1. The van der Waals surface area contributed by atoms with E-state index in [1.807, 2.05) is 42.5 Å². The number of nitrogens with zero attached hydrogens (tertiary/aromatic N) is 1. The third-order valence-electron chi connectivity index (χ3n) is 4.29. The number of para-hydroxylation sites is 1. The molecule has 0 saturated heterocycles. The van der Waals surface area contributed by atoms with Crippen LogP contribution in [0.25, 0.3) is 44.0 Å². The Balaban J connectivity index is 1.82. The van der Waals surface area contributed by atoms with E-state index >= 15 is 0 Å². The second-order valence-corrected chi connectivity index (χ2v) is 5.77. The van der Waals surface area contributed by atoms with E-state index in [9.17, 15) is 0 Å². The van der Waals surface area contributed by atoms with E-state index in [1.54, 1.807) is 6.07 Å². The Bertz CT molecular complexity index is 1420. The van der Waals surface area contributed by atoms with Gasteiger partial charge < -0.3 is 4.42 Å². The van der Waals surface area contributed by atoms with Gasteiger partial charge >= 0.3 is 0 Å². The molecular formula is C22H15NO. The highest BCUT2D eigenvalue weighted by molar-refractivity contribution is 6.12. The van der Waals surface area contributed by atoms with Gasteiger partial charge in [0.1, 0.15) is 11.2 Å². The summed E-state index contributed by atoms with van der Waals surface area (Å²) in [7, 11) is 0. The van der Waals surface area contributed by atoms with Crippen molar-refractivity contribution in [2.75, 3.05) is 0 Å². The molecule has 0 aliphatic heterocycles. The molecule has 2 nitrogen and oxygen atoms in total. The summed E-state index contributed by atoms with van der Waals surface area (Å²) >= 11 is 0. The van der Waals surface area contributed by atoms with Gasteiger partial charge in [0.25, 0.3) is 0 Å². The first-order valence-corrected chi connectivity index (χ1v) is 7.66. The van der Waals surface area contributed by atoms with Crippen LogP contribution in [-0.2, 0) is 0 Å². The fourth-order valence-corrected chi connectivity index (χ4v) is 3.18. The molecule has 3 aromatic carbocycles. The number of rotatable bonds is 1. The molecule has 114 valence electrons. The van der Waals surface area contributed by atoms with Gasteiger partial charge in [0.2, 0.25) is 0 Å². The maximum atomic E-state index is 7.96. The van der Waals surface area contributed by atoms with Crippen LogP contribution in [0, 0.1) is 6.85 Å². The number of benzene rings is 3. The summed E-state index contributed by atoms with van der Waals surface area (Å²) in [5.74, 6) is 0. The van der Waals surface area contributed by atoms with E-state index < -0.39 is 6.85 Å². The van der Waals surface area contributed by atoms with Crippen molar-refractivity contribution in [1.29, 1.82) is 0 Å². The molecule has 5 aromatic rings. The van der Waals surface area contributed by atoms with Gasteiger partial charge in [-0.1, -0.05) is 36.4 Å². The largest absolute Gasteiger partial charge is 0.455 e. The van der Waals surface area contributed by atoms with Crippen molar-refractivity contribution < 1.29 is 11.3 Å². The highest BCUT2D eigenvalue weighted by Crippen LogP contribution is 2.36. The first kappa shape index (κ1) is 9.24. The normalized spacial score (nSPS) is 15.1. The quantitative estimate of drug-likeness (QED) is 0.373. The summed E-state index contributed by atoms with van der Waals surface area (Å²) in [6, 6.07) is 18.7. The maximum absolute atomic E-state index is 7.96. The lowest BCUT2D eigenvalue weighted by Gasteiger charge is -2.02. The predicted molar refractivity (Wildman–Crippen MR) is 99.2 cm³/mol. The Labute approximate surface area is 146 Å². The van der Waals surface area contributed by atoms with Crippen molar-refractivity contribution in [3.05, 3.63) is 78.4 Å². The van der Waals surface area contributed by atoms with Gasteiger partial charge in [-0.05, 0) is 53.5 Å². The molecule has 2 heteroatoms. The summed E-state index contributed by atoms with van der Waals surface area (Å²) in [5.41, 5.74) is 2.03. The van der Waals surface area contributed by atoms with Gasteiger partial charge in [-0.2, -0.15) is 0 Å². The molecule has 2 heterocycles. The van der Waals surface area contributed by atoms with Crippen LogP contribution in [0.2, 0.25) is 0 Å². The molecule has 0 atom stereocenters. The molecule has 5 rings (SSSR count). The molecular weight excluding hydrogens is 294 g/mol. The van der Waals surface area contributed by atoms with Gasteiger partial charge in [-0.15, -0.1) is 0 Å². The first-order valence-electron chi connectivity index (χ1n) is 10.2. The van der Waals surface area contributed by atoms with E-state index in [0.29, 0.717) is 16.8 Å². The molecule has 0 aliphatic rings. The first-order chi connectivity index (χ1) is 13.8. The molecule has 0 radical (unpaired) electrons. The van der Waals surface area contributed by atoms with Crippen molar-refractivity contribution in [2.24, 2.45) is 0 Å². The van der Waals surface area contributed by atoms with E-state index in [1.165, 1.54) is 6.07 Å². The maximum Gasteiger partial charge on any atom is 0.144 e. The molecule has 0 bridgehead atoms. The number of hydrogen-bond acceptors (Lipinski definition) is 2. The second-order valence-electron chi connectivity index (χ2n) is 5.77. The zero-order valence-corrected chi connectivity index (χ0v) is 12.6. The van der Waals surface area contributed by atoms with Gasteiger partial charge in [0.05, 0.1) is 8.44 Å². The van der Waals surface area contributed by atoms with Crippen LogP contribution in [0.3, 0.4) is 0 Å². The zero-order chi connectivity index (χ0) is 20.3. The molecule has 0 amide bonds. The molecule has 2 aromatic heterocycles. The van der Waals surface area contributed by atoms with Crippen LogP contribution < -0.4 is 0 Å². The van der Waals surface area contributed by atoms with E-state index in [2.05, 4.69) is 11.1 Å². The Morgan fingerprint density at radius 1 is 0.958 bits per heavy atom. The molecule has 0 unspecified atom stereocenters. The SMILES string of the molecule is [2H]c1nc(-c2cccc3c2oc2cc4ccccc4cc23)cc(C([2H])([2H])[2H])c1[2H]. The Hall–Kier alpha value is -3.13. The fourth-order valence-electron chi connectivity index (χ4n) is 3.18. The topological polar surface area (TPSA) is 26.0 Å². The number of pyridine rings is 1. The van der Waals surface area contributed by atoms with Crippen molar-refractivity contribution in [1.82, 2.24) is 4.98 Å². The van der Waals surface area contributed by atoms with Gasteiger partial charge in [0.15, 0.2) is 0 Å². The number of aromatic nitrogens is 1. The monoisotopic (exact) mass is 314 g/mol. The van der Waals surface area contributed by atoms with Crippen LogP contribution in [-0.4, -0.2) is 4.98 Å². The van der Waals surface area contributed by atoms with Crippen molar-refractivity contribution >= 4 is 32.7 Å². The van der Waals surface area contributed by atoms with Gasteiger partial charge in [0, 0.05) is 26.6 Å². The van der Waals surface area contributed by atoms with Crippen LogP contribution in [0.4, 0.5) is 0 Å². The minimum absolute atomic E-state index is 0.189. The van der Waals surface area contributed by atoms with E-state index in [0.717, 1.165) is 27.1 Å². The van der Waals surface area contributed by atoms with Crippen LogP contribution in [0.1, 0.15) is 12.4 Å². The molecule has 24 heavy (non-hydrogen) atoms. The minimum atomic E-state index is -2.50. The van der Waals surface area contributed by atoms with Gasteiger partial charge in [-0.3, -0.25) is 4.98 Å². The smallest absolute Gasteiger partial charge is 0.144 e. The minimum Gasteiger partial charge on any atom is -0.455 e. The van der Waals surface area contributed by atoms with Crippen molar-refractivity contribution in [3.8, 4) is 11.3 Å². The average molecular weight is 314 g/mol. The standard InChI is InChI=1S/C22H15NO/c1-14-9-10-23-20(11-14)18-8-4-7-17-19-12-15-5-2-3-6-16(15)13-21(19)24-22(17)18/h2-13H,1H3/i1D3,9D,10D. The fraction of sp³-hybridized carbons (Fsp3) is 0.0455. The molecule has 0 aliphatic carbocycles. The van der Waals surface area contributed by atoms with Crippen LogP contribution in [0.15, 0.2) is 77.3 Å². The lowest BCUT2D eigenvalue weighted by atomic mass is 10.0. The zero-order valence-electron chi connectivity index (χ0n) is 17.6. The Kier molecular flexibility index (Phi) is 1.90. The lowest BCUT2D eigenvalue weighted by molar-refractivity contribution is 0.670. The highest BCUT2D eigenvalue weighted by Gasteiger charge is 2.13. The Morgan fingerprint density at radius 2 is 1.83 bits per heavy atom. The molecule has 0 fully saturated rings. The number of hydrogen-bond donors (Lipinski definition) is 0. The van der Waals surface area contributed by atoms with Crippen LogP contribution in [0.5, 0.6) is 0 Å². The summed E-state index contributed by atoms with van der Waals surface area (Å²) in [6.45, 7) is -2.50. The number of aryl methyl sites for hydroxylation is 1. The summed E-state index contributed by atoms with van der Waals surface area (Å²) in [5, 5.41) is 4.01. The van der Waals surface area contributed by atoms with Crippen LogP contribution >= 0.6 is 0 Å². The predicted octanol–water partition coefficient (Wildman–Crippen LogP) is 6.11. The van der Waals surface area contributed by atoms with Crippen molar-refractivity contribution in [2.45, 2.75) is 6.85 Å². The molecule has 0 saturated carbocycles. The summed E-state index contributed by atoms with van der Waals surface area (Å²) in [6.07, 6.45) is -0.368. The number of furan rings is 1. The second kappa shape index (κ2) is 4.93. The third kappa shape index (κ3) is 1.93. The molecule has 0 spiro atoms. The third-order valence-corrected chi connectivity index (χ3v) is 4.29. The van der Waals surface area contributed by atoms with E-state index in [4.69, 9.17) is 11.3 Å². The lowest BCUT2D eigenvalue weighted by Crippen LogP contribution is -1.84. The highest BCUT2D eigenvalue weighted by atomic mass is 16.3. The molecule has 0 N–H and O–H groups in total. The number of fused-ring (bicyclic) bond motifs is 4. The van der Waals surface area contributed by atoms with E-state index in [-0.39, 0.29) is 17.8 Å². The van der Waals surface area contributed by atoms with Crippen molar-refractivity contribution in [3.63, 3.8) is 0 Å². The van der Waals surface area contributed by atoms with Gasteiger partial charge in [-0.25, -0.2) is 0 Å².